The minimum atomic E-state index is 0.0853. The Bertz CT molecular complexity index is 636. The lowest BCUT2D eigenvalue weighted by Crippen LogP contribution is -2.36. The van der Waals surface area contributed by atoms with Crippen LogP contribution in [0.25, 0.3) is 0 Å². The van der Waals surface area contributed by atoms with E-state index in [1.54, 1.807) is 0 Å². The molecule has 0 aliphatic heterocycles. The number of benzene rings is 2. The zero-order chi connectivity index (χ0) is 18.3. The maximum absolute atomic E-state index is 6.22. The first-order valence-corrected chi connectivity index (χ1v) is 10.0. The van der Waals surface area contributed by atoms with Crippen LogP contribution in [-0.4, -0.2) is 10.9 Å². The van der Waals surface area contributed by atoms with Crippen molar-refractivity contribution in [1.29, 1.82) is 0 Å². The molecule has 0 radical (unpaired) electrons. The number of hydrogen-bond donors (Lipinski definition) is 1. The van der Waals surface area contributed by atoms with E-state index in [1.807, 2.05) is 6.07 Å². The standard InChI is InChI=1S/C22H31NOS/c1-6-18-13-10-14-20(15-18)21(23-25-22(3,4)5)17(2)24-16-19-11-8-7-9-12-19/h7-15,17,21,23H,6,16H2,1-5H3/p+1/t17-,21+/m0/s1. The highest BCUT2D eigenvalue weighted by Gasteiger charge is 2.28. The van der Waals surface area contributed by atoms with Crippen LogP contribution in [0.3, 0.4) is 0 Å². The second-order valence-corrected chi connectivity index (χ2v) is 9.31. The Morgan fingerprint density at radius 2 is 1.68 bits per heavy atom. The summed E-state index contributed by atoms with van der Waals surface area (Å²) in [5.74, 6) is 0. The molecule has 25 heavy (non-hydrogen) atoms. The summed E-state index contributed by atoms with van der Waals surface area (Å²) >= 11 is 1.22. The maximum Gasteiger partial charge on any atom is 0.136 e. The molecule has 0 heterocycles. The molecule has 1 N–H and O–H groups in total. The lowest BCUT2D eigenvalue weighted by Gasteiger charge is -2.25. The Balaban J connectivity index is 2.11. The van der Waals surface area contributed by atoms with Gasteiger partial charge in [0.05, 0.1) is 24.7 Å². The lowest BCUT2D eigenvalue weighted by atomic mass is 10.00. The van der Waals surface area contributed by atoms with Crippen LogP contribution in [0, 0.1) is 0 Å². The molecule has 0 fully saturated rings. The van der Waals surface area contributed by atoms with Crippen LogP contribution in [0.1, 0.15) is 57.4 Å². The van der Waals surface area contributed by atoms with Gasteiger partial charge < -0.3 is 4.74 Å². The summed E-state index contributed by atoms with van der Waals surface area (Å²) in [6, 6.07) is 19.4. The van der Waals surface area contributed by atoms with E-state index in [9.17, 15) is 0 Å². The van der Waals surface area contributed by atoms with Gasteiger partial charge in [-0.25, -0.2) is 0 Å². The summed E-state index contributed by atoms with van der Waals surface area (Å²) < 4.78 is 10.1. The quantitative estimate of drug-likeness (QED) is 0.529. The molecular weight excluding hydrogens is 326 g/mol. The number of thiol groups is 1. The molecule has 0 unspecified atom stereocenters. The Hall–Kier alpha value is -1.29. The highest BCUT2D eigenvalue weighted by Crippen LogP contribution is 2.23. The number of nitrogens with one attached hydrogen (secondary N) is 1. The summed E-state index contributed by atoms with van der Waals surface area (Å²) in [4.78, 5) is 0. The number of hydrogen-bond acceptors (Lipinski definition) is 2. The van der Waals surface area contributed by atoms with Gasteiger partial charge >= 0.3 is 0 Å². The van der Waals surface area contributed by atoms with Gasteiger partial charge in [-0.3, -0.25) is 0 Å². The predicted molar refractivity (Wildman–Crippen MR) is 111 cm³/mol. The van der Waals surface area contributed by atoms with Gasteiger partial charge in [0.25, 0.3) is 0 Å². The van der Waals surface area contributed by atoms with Crippen LogP contribution in [0.2, 0.25) is 0 Å². The van der Waals surface area contributed by atoms with Gasteiger partial charge in [-0.15, -0.1) is 4.72 Å². The van der Waals surface area contributed by atoms with Crippen LogP contribution < -0.4 is 4.72 Å². The summed E-state index contributed by atoms with van der Waals surface area (Å²) in [5, 5.41) is 0. The molecule has 3 heteroatoms. The van der Waals surface area contributed by atoms with Crippen molar-refractivity contribution in [1.82, 2.24) is 4.72 Å². The van der Waals surface area contributed by atoms with Crippen molar-refractivity contribution < 1.29 is 4.74 Å². The Morgan fingerprint density at radius 3 is 2.32 bits per heavy atom. The van der Waals surface area contributed by atoms with Gasteiger partial charge in [-0.2, -0.15) is 0 Å². The number of rotatable bonds is 8. The van der Waals surface area contributed by atoms with Gasteiger partial charge in [0.1, 0.15) is 10.8 Å². The lowest BCUT2D eigenvalue weighted by molar-refractivity contribution is 0.0323. The topological polar surface area (TPSA) is 21.3 Å². The Morgan fingerprint density at radius 1 is 1.00 bits per heavy atom. The summed E-state index contributed by atoms with van der Waals surface area (Å²) in [6.45, 7) is 11.7. The van der Waals surface area contributed by atoms with Crippen LogP contribution in [0.5, 0.6) is 0 Å². The SMILES string of the molecule is CCc1cccc([C@H](N[SH+]C(C)(C)C)[C@H](C)OCc2ccccc2)c1. The van der Waals surface area contributed by atoms with E-state index in [0.29, 0.717) is 6.61 Å². The van der Waals surface area contributed by atoms with Crippen molar-refractivity contribution in [3.63, 3.8) is 0 Å². The van der Waals surface area contributed by atoms with E-state index in [1.165, 1.54) is 28.6 Å². The molecule has 2 aromatic rings. The predicted octanol–water partition coefficient (Wildman–Crippen LogP) is 5.01. The first kappa shape index (κ1) is 20.0. The number of aryl methyl sites for hydroxylation is 1. The van der Waals surface area contributed by atoms with Gasteiger partial charge in [-0.05, 0) is 50.8 Å². The highest BCUT2D eigenvalue weighted by molar-refractivity contribution is 7.77. The normalized spacial score (nSPS) is 14.3. The molecule has 0 aromatic heterocycles. The molecule has 0 amide bonds. The molecule has 0 saturated heterocycles. The maximum atomic E-state index is 6.22. The summed E-state index contributed by atoms with van der Waals surface area (Å²) in [6.07, 6.45) is 1.14. The van der Waals surface area contributed by atoms with E-state index >= 15 is 0 Å². The van der Waals surface area contributed by atoms with Crippen LogP contribution >= 0.6 is 0 Å². The molecule has 2 rings (SSSR count). The summed E-state index contributed by atoms with van der Waals surface area (Å²) in [7, 11) is 0. The van der Waals surface area contributed by atoms with Gasteiger partial charge in [0, 0.05) is 0 Å². The molecule has 0 spiro atoms. The number of ether oxygens (including phenoxy) is 1. The largest absolute Gasteiger partial charge is 0.372 e. The van der Waals surface area contributed by atoms with Crippen LogP contribution in [-0.2, 0) is 29.7 Å². The van der Waals surface area contributed by atoms with Crippen molar-refractivity contribution in [2.75, 3.05) is 0 Å². The third-order valence-corrected chi connectivity index (χ3v) is 5.16. The average Bonchev–Trinajstić information content (AvgIpc) is 2.60. The van der Waals surface area contributed by atoms with Crippen molar-refractivity contribution in [2.24, 2.45) is 0 Å². The third-order valence-electron chi connectivity index (χ3n) is 4.08. The minimum Gasteiger partial charge on any atom is -0.372 e. The fourth-order valence-electron chi connectivity index (χ4n) is 2.62. The zero-order valence-electron chi connectivity index (χ0n) is 16.1. The molecule has 0 aliphatic carbocycles. The molecule has 2 atom stereocenters. The highest BCUT2D eigenvalue weighted by atomic mass is 32.2. The molecule has 0 aliphatic rings. The fourth-order valence-corrected chi connectivity index (χ4v) is 3.50. The fraction of sp³-hybridized carbons (Fsp3) is 0.455. The minimum absolute atomic E-state index is 0.0853. The van der Waals surface area contributed by atoms with Crippen LogP contribution in [0.15, 0.2) is 54.6 Å². The first-order chi connectivity index (χ1) is 11.9. The molecule has 136 valence electrons. The average molecular weight is 359 g/mol. The summed E-state index contributed by atoms with van der Waals surface area (Å²) in [5.41, 5.74) is 3.88. The van der Waals surface area contributed by atoms with E-state index in [-0.39, 0.29) is 16.9 Å². The zero-order valence-corrected chi connectivity index (χ0v) is 17.0. The first-order valence-electron chi connectivity index (χ1n) is 9.11. The van der Waals surface area contributed by atoms with Crippen molar-refractivity contribution in [2.45, 2.75) is 64.5 Å². The molecular formula is C22H32NOS+. The van der Waals surface area contributed by atoms with E-state index in [4.69, 9.17) is 4.74 Å². The van der Waals surface area contributed by atoms with Crippen molar-refractivity contribution in [3.8, 4) is 0 Å². The van der Waals surface area contributed by atoms with Crippen LogP contribution in [0.4, 0.5) is 0 Å². The van der Waals surface area contributed by atoms with E-state index < -0.39 is 0 Å². The Labute approximate surface area is 157 Å². The molecule has 0 bridgehead atoms. The third kappa shape index (κ3) is 6.85. The smallest absolute Gasteiger partial charge is 0.136 e. The van der Waals surface area contributed by atoms with E-state index in [2.05, 4.69) is 87.9 Å². The van der Waals surface area contributed by atoms with Gasteiger partial charge in [-0.1, -0.05) is 61.5 Å². The second-order valence-electron chi connectivity index (χ2n) is 7.49. The monoisotopic (exact) mass is 358 g/mol. The van der Waals surface area contributed by atoms with Gasteiger partial charge in [0.2, 0.25) is 0 Å². The van der Waals surface area contributed by atoms with Crippen molar-refractivity contribution >= 4 is 11.9 Å². The van der Waals surface area contributed by atoms with Gasteiger partial charge in [0.15, 0.2) is 0 Å². The molecule has 2 nitrogen and oxygen atoms in total. The van der Waals surface area contributed by atoms with E-state index in [0.717, 1.165) is 6.42 Å². The second kappa shape index (κ2) is 9.42. The molecule has 2 aromatic carbocycles. The Kier molecular flexibility index (Phi) is 7.55. The molecule has 0 saturated carbocycles. The van der Waals surface area contributed by atoms with Crippen molar-refractivity contribution in [3.05, 3.63) is 71.3 Å².